The lowest BCUT2D eigenvalue weighted by molar-refractivity contribution is 0.103. The molecule has 0 saturated heterocycles. The van der Waals surface area contributed by atoms with Crippen molar-refractivity contribution in [2.45, 2.75) is 4.90 Å². The number of hydrogen-bond acceptors (Lipinski definition) is 5. The van der Waals surface area contributed by atoms with Crippen LogP contribution >= 0.6 is 0 Å². The molecule has 0 saturated carbocycles. The van der Waals surface area contributed by atoms with E-state index >= 15 is 0 Å². The van der Waals surface area contributed by atoms with Crippen LogP contribution in [0.5, 0.6) is 0 Å². The minimum Gasteiger partial charge on any atom is -0.384 e. The Morgan fingerprint density at radius 1 is 1.04 bits per heavy atom. The van der Waals surface area contributed by atoms with Crippen molar-refractivity contribution in [3.05, 3.63) is 71.7 Å². The lowest BCUT2D eigenvalue weighted by Gasteiger charge is -2.03. The summed E-state index contributed by atoms with van der Waals surface area (Å²) in [5.41, 5.74) is 6.68. The van der Waals surface area contributed by atoms with Gasteiger partial charge in [0, 0.05) is 11.6 Å². The van der Waals surface area contributed by atoms with Crippen molar-refractivity contribution in [1.29, 1.82) is 0 Å². The van der Waals surface area contributed by atoms with Gasteiger partial charge in [-0.1, -0.05) is 0 Å². The molecule has 1 aromatic heterocycles. The standard InChI is InChI=1S/C16H13FN4O3S/c17-11-3-5-12(6-4-11)21-15(18)9-14(20-21)16(22)10-1-7-13(8-2-10)25(19,23)24/h1-9H,18H2,(H2,19,23,24). The quantitative estimate of drug-likeness (QED) is 0.683. The van der Waals surface area contributed by atoms with Crippen molar-refractivity contribution >= 4 is 21.6 Å². The van der Waals surface area contributed by atoms with E-state index in [4.69, 9.17) is 10.9 Å². The summed E-state index contributed by atoms with van der Waals surface area (Å²) in [6.45, 7) is 0. The van der Waals surface area contributed by atoms with E-state index in [0.29, 0.717) is 5.69 Å². The highest BCUT2D eigenvalue weighted by Crippen LogP contribution is 2.18. The van der Waals surface area contributed by atoms with Gasteiger partial charge in [-0.05, 0) is 48.5 Å². The number of hydrogen-bond donors (Lipinski definition) is 2. The summed E-state index contributed by atoms with van der Waals surface area (Å²) in [4.78, 5) is 12.4. The van der Waals surface area contributed by atoms with Gasteiger partial charge in [0.15, 0.2) is 0 Å². The highest BCUT2D eigenvalue weighted by Gasteiger charge is 2.17. The monoisotopic (exact) mass is 360 g/mol. The number of benzene rings is 2. The molecule has 0 amide bonds. The van der Waals surface area contributed by atoms with Crippen LogP contribution in [0.1, 0.15) is 16.1 Å². The number of halogens is 1. The molecule has 25 heavy (non-hydrogen) atoms. The van der Waals surface area contributed by atoms with Gasteiger partial charge >= 0.3 is 0 Å². The van der Waals surface area contributed by atoms with Gasteiger partial charge < -0.3 is 5.73 Å². The number of nitrogen functional groups attached to an aromatic ring is 1. The van der Waals surface area contributed by atoms with Crippen LogP contribution in [0.3, 0.4) is 0 Å². The van der Waals surface area contributed by atoms with Crippen LogP contribution in [0.2, 0.25) is 0 Å². The number of nitrogens with zero attached hydrogens (tertiary/aromatic N) is 2. The number of aromatic nitrogens is 2. The minimum atomic E-state index is -3.83. The molecular formula is C16H13FN4O3S. The minimum absolute atomic E-state index is 0.0742. The highest BCUT2D eigenvalue weighted by atomic mass is 32.2. The second kappa shape index (κ2) is 6.11. The smallest absolute Gasteiger partial charge is 0.238 e. The molecular weight excluding hydrogens is 347 g/mol. The van der Waals surface area contributed by atoms with Gasteiger partial charge in [0.1, 0.15) is 17.3 Å². The van der Waals surface area contributed by atoms with Gasteiger partial charge in [-0.25, -0.2) is 22.6 Å². The summed E-state index contributed by atoms with van der Waals surface area (Å²) in [5.74, 6) is -0.634. The van der Waals surface area contributed by atoms with Gasteiger partial charge in [0.05, 0.1) is 10.6 Å². The third kappa shape index (κ3) is 3.42. The molecule has 0 unspecified atom stereocenters. The fourth-order valence-corrected chi connectivity index (χ4v) is 2.75. The number of anilines is 1. The van der Waals surface area contributed by atoms with Gasteiger partial charge in [0.25, 0.3) is 0 Å². The first kappa shape index (κ1) is 16.8. The van der Waals surface area contributed by atoms with E-state index in [1.54, 1.807) is 0 Å². The zero-order valence-corrected chi connectivity index (χ0v) is 13.6. The lowest BCUT2D eigenvalue weighted by Crippen LogP contribution is -2.12. The van der Waals surface area contributed by atoms with E-state index in [1.165, 1.54) is 59.3 Å². The van der Waals surface area contributed by atoms with E-state index in [1.807, 2.05) is 0 Å². The summed E-state index contributed by atoms with van der Waals surface area (Å²) >= 11 is 0. The van der Waals surface area contributed by atoms with Gasteiger partial charge in [-0.3, -0.25) is 4.79 Å². The molecule has 0 aliphatic heterocycles. The van der Waals surface area contributed by atoms with Crippen molar-refractivity contribution in [2.75, 3.05) is 5.73 Å². The Hall–Kier alpha value is -3.04. The molecule has 1 heterocycles. The number of ketones is 1. The van der Waals surface area contributed by atoms with Crippen LogP contribution < -0.4 is 10.9 Å². The predicted molar refractivity (Wildman–Crippen MR) is 89.2 cm³/mol. The number of sulfonamides is 1. The van der Waals surface area contributed by atoms with Gasteiger partial charge in [0.2, 0.25) is 15.8 Å². The Bertz CT molecular complexity index is 1040. The zero-order chi connectivity index (χ0) is 18.2. The maximum atomic E-state index is 13.0. The average molecular weight is 360 g/mol. The molecule has 0 aliphatic carbocycles. The van der Waals surface area contributed by atoms with Crippen LogP contribution in [-0.2, 0) is 10.0 Å². The lowest BCUT2D eigenvalue weighted by atomic mass is 10.1. The molecule has 0 aliphatic rings. The summed E-state index contributed by atoms with van der Waals surface area (Å²) in [7, 11) is -3.83. The van der Waals surface area contributed by atoms with Gasteiger partial charge in [-0.2, -0.15) is 5.10 Å². The number of primary sulfonamides is 1. The predicted octanol–water partition coefficient (Wildman–Crippen LogP) is 1.47. The van der Waals surface area contributed by atoms with Crippen LogP contribution in [0, 0.1) is 5.82 Å². The van der Waals surface area contributed by atoms with Crippen LogP contribution in [0.4, 0.5) is 10.2 Å². The first-order valence-corrected chi connectivity index (χ1v) is 8.59. The van der Waals surface area contributed by atoms with Crippen LogP contribution in [0.25, 0.3) is 5.69 Å². The molecule has 0 spiro atoms. The van der Waals surface area contributed by atoms with Crippen molar-refractivity contribution in [3.63, 3.8) is 0 Å². The Morgan fingerprint density at radius 3 is 2.20 bits per heavy atom. The zero-order valence-electron chi connectivity index (χ0n) is 12.8. The molecule has 4 N–H and O–H groups in total. The molecule has 3 aromatic rings. The van der Waals surface area contributed by atoms with E-state index in [-0.39, 0.29) is 22.0 Å². The summed E-state index contributed by atoms with van der Waals surface area (Å²) in [5, 5.41) is 9.15. The molecule has 7 nitrogen and oxygen atoms in total. The maximum Gasteiger partial charge on any atom is 0.238 e. The first-order valence-electron chi connectivity index (χ1n) is 7.05. The van der Waals surface area contributed by atoms with Crippen molar-refractivity contribution in [3.8, 4) is 5.69 Å². The first-order chi connectivity index (χ1) is 11.8. The number of carbonyl (C=O) groups is 1. The Kier molecular flexibility index (Phi) is 4.11. The van der Waals surface area contributed by atoms with E-state index < -0.39 is 21.6 Å². The third-order valence-corrected chi connectivity index (χ3v) is 4.42. The fraction of sp³-hybridized carbons (Fsp3) is 0. The molecule has 0 radical (unpaired) electrons. The van der Waals surface area contributed by atoms with Crippen molar-refractivity contribution < 1.29 is 17.6 Å². The SMILES string of the molecule is Nc1cc(C(=O)c2ccc(S(N)(=O)=O)cc2)nn1-c1ccc(F)cc1. The maximum absolute atomic E-state index is 13.0. The number of carbonyl (C=O) groups excluding carboxylic acids is 1. The summed E-state index contributed by atoms with van der Waals surface area (Å²) < 4.78 is 36.8. The van der Waals surface area contributed by atoms with Gasteiger partial charge in [-0.15, -0.1) is 0 Å². The molecule has 0 fully saturated rings. The van der Waals surface area contributed by atoms with E-state index in [2.05, 4.69) is 5.10 Å². The summed E-state index contributed by atoms with van der Waals surface area (Å²) in [6.07, 6.45) is 0. The normalized spacial score (nSPS) is 11.4. The Balaban J connectivity index is 1.93. The van der Waals surface area contributed by atoms with Crippen molar-refractivity contribution in [2.24, 2.45) is 5.14 Å². The average Bonchev–Trinajstić information content (AvgIpc) is 2.96. The fourth-order valence-electron chi connectivity index (χ4n) is 2.24. The molecule has 3 rings (SSSR count). The second-order valence-corrected chi connectivity index (χ2v) is 6.80. The molecule has 0 bridgehead atoms. The second-order valence-electron chi connectivity index (χ2n) is 5.24. The van der Waals surface area contributed by atoms with Crippen LogP contribution in [-0.4, -0.2) is 24.0 Å². The van der Waals surface area contributed by atoms with Crippen molar-refractivity contribution in [1.82, 2.24) is 9.78 Å². The van der Waals surface area contributed by atoms with Crippen LogP contribution in [0.15, 0.2) is 59.5 Å². The molecule has 0 atom stereocenters. The van der Waals surface area contributed by atoms with E-state index in [0.717, 1.165) is 0 Å². The number of nitrogens with two attached hydrogens (primary N) is 2. The molecule has 9 heteroatoms. The Labute approximate surface area is 142 Å². The largest absolute Gasteiger partial charge is 0.384 e. The topological polar surface area (TPSA) is 121 Å². The molecule has 128 valence electrons. The summed E-state index contributed by atoms with van der Waals surface area (Å²) in [6, 6.07) is 12.0. The van der Waals surface area contributed by atoms with E-state index in [9.17, 15) is 17.6 Å². The molecule has 2 aromatic carbocycles. The highest BCUT2D eigenvalue weighted by molar-refractivity contribution is 7.89. The number of rotatable bonds is 4. The Morgan fingerprint density at radius 2 is 1.64 bits per heavy atom. The third-order valence-electron chi connectivity index (χ3n) is 3.49.